The lowest BCUT2D eigenvalue weighted by Gasteiger charge is -2.18. The molecular formula is C73H114O6. The molecule has 0 heterocycles. The number of rotatable bonds is 55. The van der Waals surface area contributed by atoms with Gasteiger partial charge in [-0.3, -0.25) is 14.4 Å². The van der Waals surface area contributed by atoms with Gasteiger partial charge in [0.05, 0.1) is 0 Å². The van der Waals surface area contributed by atoms with E-state index in [1.54, 1.807) is 0 Å². The van der Waals surface area contributed by atoms with Crippen molar-refractivity contribution in [3.8, 4) is 0 Å². The van der Waals surface area contributed by atoms with Gasteiger partial charge in [-0.15, -0.1) is 0 Å². The maximum absolute atomic E-state index is 12.9. The molecule has 0 aromatic heterocycles. The molecule has 0 fully saturated rings. The van der Waals surface area contributed by atoms with Gasteiger partial charge in [0.15, 0.2) is 6.10 Å². The minimum Gasteiger partial charge on any atom is -0.462 e. The van der Waals surface area contributed by atoms with E-state index in [1.807, 2.05) is 0 Å². The molecule has 0 saturated carbocycles. The Morgan fingerprint density at radius 1 is 0.253 bits per heavy atom. The Hall–Kier alpha value is -5.23. The molecule has 0 bridgehead atoms. The van der Waals surface area contributed by atoms with Gasteiger partial charge in [-0.25, -0.2) is 0 Å². The predicted octanol–water partition coefficient (Wildman–Crippen LogP) is 21.9. The molecule has 0 aromatic rings. The summed E-state index contributed by atoms with van der Waals surface area (Å²) in [5, 5.41) is 0. The molecule has 0 aliphatic rings. The Morgan fingerprint density at radius 3 is 0.759 bits per heavy atom. The fraction of sp³-hybridized carbons (Fsp3) is 0.575. The van der Waals surface area contributed by atoms with Crippen LogP contribution in [0.2, 0.25) is 0 Å². The van der Waals surface area contributed by atoms with E-state index in [4.69, 9.17) is 14.2 Å². The standard InChI is InChI=1S/C73H114O6/c1-4-7-10-13-16-19-22-25-27-29-31-33-35-36-38-39-41-43-45-48-51-54-57-60-63-66-72(75)78-69-70(68-77-71(74)65-62-59-56-53-50-47-24-21-18-15-12-9-6-3)79-73(76)67-64-61-58-55-52-49-46-44-42-40-37-34-32-30-28-26-23-20-17-14-11-8-5-2/h7-12,16-21,25-28,31-34,40,42,46-47,49-50,55,58,70H,4-6,13-15,22-24,29-30,35-39,41,43-45,48,51-54,56-57,59-69H2,1-3H3/b10-7-,11-8-,12-9-,19-16-,20-17-,21-18-,27-25-,28-26-,33-31-,34-32-,42-40-,49-46-,50-47-,58-55-. The second-order valence-corrected chi connectivity index (χ2v) is 20.2. The summed E-state index contributed by atoms with van der Waals surface area (Å²) in [4.78, 5) is 38.3. The molecule has 442 valence electrons. The van der Waals surface area contributed by atoms with Gasteiger partial charge in [0.25, 0.3) is 0 Å². The Kier molecular flexibility index (Phi) is 61.0. The van der Waals surface area contributed by atoms with Gasteiger partial charge in [-0.2, -0.15) is 0 Å². The van der Waals surface area contributed by atoms with E-state index in [0.29, 0.717) is 19.3 Å². The van der Waals surface area contributed by atoms with E-state index in [0.717, 1.165) is 141 Å². The molecule has 1 unspecified atom stereocenters. The van der Waals surface area contributed by atoms with Crippen LogP contribution in [0.5, 0.6) is 0 Å². The van der Waals surface area contributed by atoms with Crippen molar-refractivity contribution in [2.24, 2.45) is 0 Å². The van der Waals surface area contributed by atoms with Gasteiger partial charge in [-0.1, -0.05) is 262 Å². The van der Waals surface area contributed by atoms with Crippen LogP contribution in [-0.4, -0.2) is 37.2 Å². The average Bonchev–Trinajstić information content (AvgIpc) is 3.45. The molecule has 0 amide bonds. The largest absolute Gasteiger partial charge is 0.462 e. The lowest BCUT2D eigenvalue weighted by molar-refractivity contribution is -0.167. The van der Waals surface area contributed by atoms with E-state index in [9.17, 15) is 14.4 Å². The third kappa shape index (κ3) is 63.5. The molecule has 0 aliphatic carbocycles. The van der Waals surface area contributed by atoms with Crippen molar-refractivity contribution in [1.82, 2.24) is 0 Å². The Balaban J connectivity index is 4.47. The Morgan fingerprint density at radius 2 is 0.468 bits per heavy atom. The summed E-state index contributed by atoms with van der Waals surface area (Å²) in [6.45, 7) is 6.22. The highest BCUT2D eigenvalue weighted by atomic mass is 16.6. The van der Waals surface area contributed by atoms with E-state index in [-0.39, 0.29) is 37.5 Å². The predicted molar refractivity (Wildman–Crippen MR) is 343 cm³/mol. The first kappa shape index (κ1) is 73.8. The highest BCUT2D eigenvalue weighted by molar-refractivity contribution is 5.71. The highest BCUT2D eigenvalue weighted by Crippen LogP contribution is 2.15. The number of allylic oxidation sites excluding steroid dienone is 28. The molecule has 0 spiro atoms. The molecule has 1 atom stereocenters. The number of esters is 3. The first-order chi connectivity index (χ1) is 39.0. The van der Waals surface area contributed by atoms with E-state index < -0.39 is 6.10 Å². The summed E-state index contributed by atoms with van der Waals surface area (Å²) in [6.07, 6.45) is 96.5. The average molecular weight is 1090 g/mol. The highest BCUT2D eigenvalue weighted by Gasteiger charge is 2.19. The summed E-state index contributed by atoms with van der Waals surface area (Å²) in [5.74, 6) is -1.02. The first-order valence-corrected chi connectivity index (χ1v) is 31.6. The summed E-state index contributed by atoms with van der Waals surface area (Å²) >= 11 is 0. The molecule has 0 N–H and O–H groups in total. The van der Waals surface area contributed by atoms with Crippen LogP contribution in [0.3, 0.4) is 0 Å². The van der Waals surface area contributed by atoms with Gasteiger partial charge < -0.3 is 14.2 Å². The number of hydrogen-bond donors (Lipinski definition) is 0. The van der Waals surface area contributed by atoms with Gasteiger partial charge in [0.1, 0.15) is 13.2 Å². The summed E-state index contributed by atoms with van der Waals surface area (Å²) in [6, 6.07) is 0. The maximum atomic E-state index is 12.9. The lowest BCUT2D eigenvalue weighted by Crippen LogP contribution is -2.30. The maximum Gasteiger partial charge on any atom is 0.306 e. The zero-order chi connectivity index (χ0) is 57.1. The third-order valence-corrected chi connectivity index (χ3v) is 12.7. The van der Waals surface area contributed by atoms with Gasteiger partial charge in [-0.05, 0) is 141 Å². The van der Waals surface area contributed by atoms with Crippen molar-refractivity contribution in [3.63, 3.8) is 0 Å². The van der Waals surface area contributed by atoms with Crippen LogP contribution < -0.4 is 0 Å². The van der Waals surface area contributed by atoms with Crippen molar-refractivity contribution >= 4 is 17.9 Å². The Bertz CT molecular complexity index is 1820. The van der Waals surface area contributed by atoms with Crippen LogP contribution in [0.4, 0.5) is 0 Å². The van der Waals surface area contributed by atoms with Crippen LogP contribution in [-0.2, 0) is 28.6 Å². The molecule has 0 aliphatic heterocycles. The van der Waals surface area contributed by atoms with E-state index >= 15 is 0 Å². The number of carbonyl (C=O) groups excluding carboxylic acids is 3. The van der Waals surface area contributed by atoms with Gasteiger partial charge in [0.2, 0.25) is 0 Å². The number of hydrogen-bond acceptors (Lipinski definition) is 6. The molecule has 79 heavy (non-hydrogen) atoms. The number of unbranched alkanes of at least 4 members (excludes halogenated alkanes) is 16. The van der Waals surface area contributed by atoms with Crippen molar-refractivity contribution in [2.75, 3.05) is 13.2 Å². The minimum atomic E-state index is -0.831. The normalized spacial score (nSPS) is 13.3. The molecule has 0 saturated heterocycles. The number of ether oxygens (including phenoxy) is 3. The van der Waals surface area contributed by atoms with Crippen LogP contribution in [0, 0.1) is 0 Å². The third-order valence-electron chi connectivity index (χ3n) is 12.7. The minimum absolute atomic E-state index is 0.119. The fourth-order valence-corrected chi connectivity index (χ4v) is 8.08. The van der Waals surface area contributed by atoms with Gasteiger partial charge in [0, 0.05) is 19.3 Å². The quantitative estimate of drug-likeness (QED) is 0.0261. The van der Waals surface area contributed by atoms with Crippen molar-refractivity contribution < 1.29 is 28.6 Å². The fourth-order valence-electron chi connectivity index (χ4n) is 8.08. The summed E-state index contributed by atoms with van der Waals surface area (Å²) in [5.41, 5.74) is 0. The van der Waals surface area contributed by atoms with Crippen molar-refractivity contribution in [1.29, 1.82) is 0 Å². The lowest BCUT2D eigenvalue weighted by atomic mass is 10.0. The topological polar surface area (TPSA) is 78.9 Å². The molecule has 6 heteroatoms. The van der Waals surface area contributed by atoms with Crippen LogP contribution in [0.25, 0.3) is 0 Å². The second kappa shape index (κ2) is 65.3. The van der Waals surface area contributed by atoms with E-state index in [1.165, 1.54) is 64.2 Å². The van der Waals surface area contributed by atoms with Crippen LogP contribution in [0.15, 0.2) is 170 Å². The van der Waals surface area contributed by atoms with Crippen LogP contribution in [0.1, 0.15) is 252 Å². The number of carbonyl (C=O) groups is 3. The zero-order valence-corrected chi connectivity index (χ0v) is 50.6. The molecule has 6 nitrogen and oxygen atoms in total. The molecule has 0 aromatic carbocycles. The first-order valence-electron chi connectivity index (χ1n) is 31.6. The SMILES string of the molecule is CC/C=C\C/C=C\C/C=C\C/C=C\C/C=C\C/C=C\C/C=C\CCCC(=O)OC(COC(=O)CCCCC/C=C\C/C=C\C/C=C\CC)COC(=O)CCCCCCCCCCCCCC/C=C\C/C=C\C/C=C\C/C=C\CC. The van der Waals surface area contributed by atoms with Crippen molar-refractivity contribution in [2.45, 2.75) is 258 Å². The Labute approximate surface area is 485 Å². The monoisotopic (exact) mass is 1090 g/mol. The second-order valence-electron chi connectivity index (χ2n) is 20.2. The molecule has 0 radical (unpaired) electrons. The summed E-state index contributed by atoms with van der Waals surface area (Å²) < 4.78 is 16.8. The molecule has 0 rings (SSSR count). The smallest absolute Gasteiger partial charge is 0.306 e. The van der Waals surface area contributed by atoms with E-state index in [2.05, 4.69) is 191 Å². The van der Waals surface area contributed by atoms with Crippen molar-refractivity contribution in [3.05, 3.63) is 170 Å². The van der Waals surface area contributed by atoms with Gasteiger partial charge >= 0.3 is 17.9 Å². The molecular weight excluding hydrogens is 973 g/mol. The summed E-state index contributed by atoms with van der Waals surface area (Å²) in [7, 11) is 0. The zero-order valence-electron chi connectivity index (χ0n) is 50.6. The van der Waals surface area contributed by atoms with Crippen LogP contribution >= 0.6 is 0 Å².